The van der Waals surface area contributed by atoms with Gasteiger partial charge in [0.2, 0.25) is 0 Å². The Bertz CT molecular complexity index is 151. The number of nitrogens with zero attached hydrogens (tertiary/aromatic N) is 1. The Morgan fingerprint density at radius 3 is 1.54 bits per heavy atom. The van der Waals surface area contributed by atoms with E-state index in [9.17, 15) is 14.7 Å². The molecule has 0 fully saturated rings. The minimum absolute atomic E-state index is 0.359. The molecule has 0 rings (SSSR count). The summed E-state index contributed by atoms with van der Waals surface area (Å²) in [6.45, 7) is 0. The lowest BCUT2D eigenvalue weighted by Crippen LogP contribution is -2.27. The van der Waals surface area contributed by atoms with E-state index in [4.69, 9.17) is 5.11 Å². The molecule has 13 heavy (non-hydrogen) atoms. The molecule has 0 heterocycles. The average Bonchev–Trinajstić information content (AvgIpc) is 1.79. The molecule has 78 valence electrons. The highest BCUT2D eigenvalue weighted by Crippen LogP contribution is 1.83. The van der Waals surface area contributed by atoms with Crippen LogP contribution in [-0.4, -0.2) is 49.7 Å². The van der Waals surface area contributed by atoms with Crippen LogP contribution in [0.5, 0.6) is 0 Å². The van der Waals surface area contributed by atoms with E-state index in [2.05, 4.69) is 28.2 Å². The first-order valence-corrected chi connectivity index (χ1v) is 3.83. The molecule has 0 unspecified atom stereocenters. The highest BCUT2D eigenvalue weighted by atomic mass is 16.4. The van der Waals surface area contributed by atoms with Crippen molar-refractivity contribution in [3.63, 3.8) is 0 Å². The molecule has 1 N–H and O–H groups in total. The number of hydrogen-bond acceptors (Lipinski definition) is 3. The second kappa shape index (κ2) is 6.42. The second-order valence-electron chi connectivity index (χ2n) is 3.95. The highest BCUT2D eigenvalue weighted by molar-refractivity contribution is 5.74. The van der Waals surface area contributed by atoms with Gasteiger partial charge in [-0.05, 0) is 6.42 Å². The predicted octanol–water partition coefficient (Wildman–Crippen LogP) is -1.08. The van der Waals surface area contributed by atoms with E-state index < -0.39 is 18.4 Å². The van der Waals surface area contributed by atoms with Gasteiger partial charge in [-0.3, -0.25) is 4.79 Å². The van der Waals surface area contributed by atoms with Gasteiger partial charge in [-0.1, -0.05) is 0 Å². The molecule has 0 spiro atoms. The Balaban J connectivity index is 0. The molecule has 5 nitrogen and oxygen atoms in total. The van der Waals surface area contributed by atoms with Crippen LogP contribution >= 0.6 is 0 Å². The summed E-state index contributed by atoms with van der Waals surface area (Å²) in [5.41, 5.74) is 0. The van der Waals surface area contributed by atoms with Crippen LogP contribution in [0.2, 0.25) is 0 Å². The Hall–Kier alpha value is -1.10. The molecule has 0 aliphatic rings. The smallest absolute Gasteiger partial charge is 0.303 e. The SMILES string of the molecule is C[N+](C)(C)C.O=C([O-])CCC(=O)O. The van der Waals surface area contributed by atoms with E-state index >= 15 is 0 Å². The highest BCUT2D eigenvalue weighted by Gasteiger charge is 1.94. The van der Waals surface area contributed by atoms with Crippen LogP contribution in [-0.2, 0) is 9.59 Å². The standard InChI is InChI=1S/C4H12N.C4H6O4/c1-5(2,3)4;5-3(6)1-2-4(7)8/h1-4H3;1-2H2,(H,5,6)(H,7,8)/q+1;/p-1. The van der Waals surface area contributed by atoms with Crippen molar-refractivity contribution in [2.75, 3.05) is 28.2 Å². The number of carbonyl (C=O) groups is 2. The van der Waals surface area contributed by atoms with Crippen molar-refractivity contribution < 1.29 is 24.3 Å². The van der Waals surface area contributed by atoms with E-state index in [1.165, 1.54) is 0 Å². The van der Waals surface area contributed by atoms with Crippen molar-refractivity contribution in [1.82, 2.24) is 0 Å². The van der Waals surface area contributed by atoms with Gasteiger partial charge in [-0.2, -0.15) is 0 Å². The average molecular weight is 191 g/mol. The summed E-state index contributed by atoms with van der Waals surface area (Å²) in [7, 11) is 8.50. The summed E-state index contributed by atoms with van der Waals surface area (Å²) >= 11 is 0. The van der Waals surface area contributed by atoms with Crippen LogP contribution in [0, 0.1) is 0 Å². The number of rotatable bonds is 3. The van der Waals surface area contributed by atoms with Gasteiger partial charge in [0, 0.05) is 5.97 Å². The normalized spacial score (nSPS) is 9.85. The van der Waals surface area contributed by atoms with Crippen molar-refractivity contribution >= 4 is 11.9 Å². The zero-order chi connectivity index (χ0) is 11.1. The molecule has 0 bridgehead atoms. The third kappa shape index (κ3) is 56.8. The molecule has 5 heteroatoms. The quantitative estimate of drug-likeness (QED) is 0.576. The first-order chi connectivity index (χ1) is 5.63. The molecule has 0 aromatic heterocycles. The number of quaternary nitrogens is 1. The molecule has 0 aromatic rings. The van der Waals surface area contributed by atoms with Gasteiger partial charge < -0.3 is 19.5 Å². The van der Waals surface area contributed by atoms with Gasteiger partial charge in [0.25, 0.3) is 0 Å². The third-order valence-corrected chi connectivity index (χ3v) is 0.543. The van der Waals surface area contributed by atoms with Gasteiger partial charge in [0.1, 0.15) is 0 Å². The number of aliphatic carboxylic acids is 2. The van der Waals surface area contributed by atoms with E-state index in [1.54, 1.807) is 0 Å². The summed E-state index contributed by atoms with van der Waals surface area (Å²) in [6.07, 6.45) is -0.766. The van der Waals surface area contributed by atoms with E-state index in [-0.39, 0.29) is 6.42 Å². The van der Waals surface area contributed by atoms with Gasteiger partial charge >= 0.3 is 5.97 Å². The van der Waals surface area contributed by atoms with Crippen LogP contribution in [0.3, 0.4) is 0 Å². The zero-order valence-electron chi connectivity index (χ0n) is 8.53. The first-order valence-electron chi connectivity index (χ1n) is 3.83. The summed E-state index contributed by atoms with van der Waals surface area (Å²) in [6, 6.07) is 0. The van der Waals surface area contributed by atoms with Crippen LogP contribution in [0.1, 0.15) is 12.8 Å². The molecular weight excluding hydrogens is 174 g/mol. The summed E-state index contributed by atoms with van der Waals surface area (Å²) in [5, 5.41) is 17.4. The third-order valence-electron chi connectivity index (χ3n) is 0.543. The van der Waals surface area contributed by atoms with Gasteiger partial charge in [-0.15, -0.1) is 0 Å². The van der Waals surface area contributed by atoms with Gasteiger partial charge in [-0.25, -0.2) is 0 Å². The van der Waals surface area contributed by atoms with Crippen LogP contribution in [0.15, 0.2) is 0 Å². The monoisotopic (exact) mass is 191 g/mol. The Labute approximate surface area is 78.2 Å². The second-order valence-corrected chi connectivity index (χ2v) is 3.95. The molecule has 0 aliphatic heterocycles. The lowest BCUT2D eigenvalue weighted by Gasteiger charge is -2.14. The largest absolute Gasteiger partial charge is 0.550 e. The number of carboxylic acids is 2. The minimum atomic E-state index is -1.33. The Kier molecular flexibility index (Phi) is 7.12. The van der Waals surface area contributed by atoms with Crippen molar-refractivity contribution in [1.29, 1.82) is 0 Å². The van der Waals surface area contributed by atoms with Crippen LogP contribution < -0.4 is 5.11 Å². The molecule has 0 saturated heterocycles. The maximum absolute atomic E-state index is 9.61. The maximum atomic E-state index is 9.61. The molecule has 0 amide bonds. The van der Waals surface area contributed by atoms with E-state index in [0.29, 0.717) is 0 Å². The summed E-state index contributed by atoms with van der Waals surface area (Å²) in [5.74, 6) is -2.44. The number of carboxylic acid groups (broad SMARTS) is 2. The molecular formula is C8H17NO4. The predicted molar refractivity (Wildman–Crippen MR) is 45.8 cm³/mol. The Morgan fingerprint density at radius 1 is 1.15 bits per heavy atom. The topological polar surface area (TPSA) is 77.4 Å². The van der Waals surface area contributed by atoms with Crippen molar-refractivity contribution in [2.24, 2.45) is 0 Å². The molecule has 0 radical (unpaired) electrons. The fourth-order valence-corrected chi connectivity index (χ4v) is 0.209. The van der Waals surface area contributed by atoms with Gasteiger partial charge in [0.05, 0.1) is 34.6 Å². The van der Waals surface area contributed by atoms with E-state index in [1.807, 2.05) is 0 Å². The zero-order valence-corrected chi connectivity index (χ0v) is 8.53. The van der Waals surface area contributed by atoms with Crippen LogP contribution in [0.4, 0.5) is 0 Å². The Morgan fingerprint density at radius 2 is 1.46 bits per heavy atom. The molecule has 0 aromatic carbocycles. The van der Waals surface area contributed by atoms with Crippen molar-refractivity contribution in [2.45, 2.75) is 12.8 Å². The molecule has 0 saturated carbocycles. The van der Waals surface area contributed by atoms with Crippen molar-refractivity contribution in [3.8, 4) is 0 Å². The molecule has 0 atom stereocenters. The first kappa shape index (κ1) is 14.4. The lowest BCUT2D eigenvalue weighted by molar-refractivity contribution is -0.849. The fourth-order valence-electron chi connectivity index (χ4n) is 0.209. The molecule has 0 aliphatic carbocycles. The minimum Gasteiger partial charge on any atom is -0.550 e. The summed E-state index contributed by atoms with van der Waals surface area (Å²) < 4.78 is 1.00. The van der Waals surface area contributed by atoms with Crippen molar-refractivity contribution in [3.05, 3.63) is 0 Å². The van der Waals surface area contributed by atoms with Gasteiger partial charge in [0.15, 0.2) is 0 Å². The van der Waals surface area contributed by atoms with Crippen LogP contribution in [0.25, 0.3) is 0 Å². The fraction of sp³-hybridized carbons (Fsp3) is 0.750. The number of carbonyl (C=O) groups excluding carboxylic acids is 1. The maximum Gasteiger partial charge on any atom is 0.303 e. The summed E-state index contributed by atoms with van der Waals surface area (Å²) in [4.78, 5) is 19.1. The van der Waals surface area contributed by atoms with E-state index in [0.717, 1.165) is 4.48 Å². The lowest BCUT2D eigenvalue weighted by atomic mass is 10.3. The number of hydrogen-bond donors (Lipinski definition) is 1.